The molecule has 0 amide bonds. The first-order valence-electron chi connectivity index (χ1n) is 13.5. The van der Waals surface area contributed by atoms with Crippen molar-refractivity contribution in [2.75, 3.05) is 49.6 Å². The van der Waals surface area contributed by atoms with Crippen molar-refractivity contribution in [1.29, 1.82) is 0 Å². The Balaban J connectivity index is 1.23. The molecule has 2 saturated heterocycles. The third-order valence-electron chi connectivity index (χ3n) is 7.91. The van der Waals surface area contributed by atoms with Gasteiger partial charge in [-0.05, 0) is 74.9 Å². The van der Waals surface area contributed by atoms with Crippen molar-refractivity contribution in [1.82, 2.24) is 9.29 Å². The minimum atomic E-state index is -2.80. The Bertz CT molecular complexity index is 1110. The first-order chi connectivity index (χ1) is 17.8. The maximum Gasteiger partial charge on any atom is 0.276 e. The highest BCUT2D eigenvalue weighted by molar-refractivity contribution is 7.97. The molecule has 0 N–H and O–H groups in total. The van der Waals surface area contributed by atoms with E-state index in [1.807, 2.05) is 6.92 Å². The average molecular weight is 529 g/mol. The molecule has 2 aromatic rings. The molecule has 0 unspecified atom stereocenters. The summed E-state index contributed by atoms with van der Waals surface area (Å²) in [5.74, 6) is -1.82. The van der Waals surface area contributed by atoms with Crippen LogP contribution in [0.4, 0.5) is 20.3 Å². The number of piperazine rings is 1. The Morgan fingerprint density at radius 3 is 2.43 bits per heavy atom. The van der Waals surface area contributed by atoms with E-state index in [0.29, 0.717) is 24.4 Å². The average Bonchev–Trinajstić information content (AvgIpc) is 3.34. The van der Waals surface area contributed by atoms with Crippen LogP contribution < -0.4 is 14.5 Å². The van der Waals surface area contributed by atoms with E-state index in [-0.39, 0.29) is 5.56 Å². The summed E-state index contributed by atoms with van der Waals surface area (Å²) in [5.41, 5.74) is 3.00. The molecular formula is C29H38F2N4OS. The normalized spacial score (nSPS) is 20.1. The Labute approximate surface area is 224 Å². The highest BCUT2D eigenvalue weighted by Crippen LogP contribution is 2.44. The summed E-state index contributed by atoms with van der Waals surface area (Å²) < 4.78 is 38.9. The van der Waals surface area contributed by atoms with Gasteiger partial charge >= 0.3 is 0 Å². The van der Waals surface area contributed by atoms with Gasteiger partial charge in [0.2, 0.25) is 0 Å². The smallest absolute Gasteiger partial charge is 0.276 e. The number of aromatic nitrogens is 1. The molecule has 1 aromatic heterocycles. The van der Waals surface area contributed by atoms with E-state index in [0.717, 1.165) is 86.9 Å². The summed E-state index contributed by atoms with van der Waals surface area (Å²) in [6, 6.07) is 9.58. The predicted octanol–water partition coefficient (Wildman–Crippen LogP) is 7.01. The number of halogens is 2. The number of pyridine rings is 1. The molecule has 2 aliphatic heterocycles. The SMILES string of the molecule is C=C1CCCN1c1ccc(SN2CCN(c3cc(C(F)(F)C4CCCCC4)cc(C)n3)CC2)cc1OC. The summed E-state index contributed by atoms with van der Waals surface area (Å²) in [6.07, 6.45) is 6.24. The van der Waals surface area contributed by atoms with Crippen molar-refractivity contribution in [2.24, 2.45) is 5.92 Å². The zero-order valence-electron chi connectivity index (χ0n) is 22.0. The predicted molar refractivity (Wildman–Crippen MR) is 148 cm³/mol. The Hall–Kier alpha value is -2.32. The number of rotatable bonds is 7. The molecule has 3 aliphatic rings. The van der Waals surface area contributed by atoms with E-state index in [1.54, 1.807) is 31.2 Å². The Morgan fingerprint density at radius 1 is 1.00 bits per heavy atom. The minimum absolute atomic E-state index is 0.131. The van der Waals surface area contributed by atoms with Crippen LogP contribution in [0.3, 0.4) is 0 Å². The second kappa shape index (κ2) is 11.2. The van der Waals surface area contributed by atoms with E-state index in [4.69, 9.17) is 4.74 Å². The van der Waals surface area contributed by atoms with Gasteiger partial charge in [0, 0.05) is 60.5 Å². The molecule has 0 atom stereocenters. The molecule has 1 saturated carbocycles. The van der Waals surface area contributed by atoms with Crippen LogP contribution >= 0.6 is 11.9 Å². The third kappa shape index (κ3) is 5.75. The highest BCUT2D eigenvalue weighted by Gasteiger charge is 2.42. The summed E-state index contributed by atoms with van der Waals surface area (Å²) in [5, 5.41) is 0. The van der Waals surface area contributed by atoms with Gasteiger partial charge in [0.1, 0.15) is 11.6 Å². The van der Waals surface area contributed by atoms with Gasteiger partial charge in [0.25, 0.3) is 5.92 Å². The Morgan fingerprint density at radius 2 is 1.76 bits per heavy atom. The lowest BCUT2D eigenvalue weighted by molar-refractivity contribution is -0.0778. The van der Waals surface area contributed by atoms with Crippen molar-refractivity contribution in [2.45, 2.75) is 62.7 Å². The molecular weight excluding hydrogens is 490 g/mol. The molecule has 200 valence electrons. The number of benzene rings is 1. The van der Waals surface area contributed by atoms with E-state index >= 15 is 8.78 Å². The van der Waals surface area contributed by atoms with Crippen molar-refractivity contribution in [3.63, 3.8) is 0 Å². The lowest BCUT2D eigenvalue weighted by Gasteiger charge is -2.36. The number of alkyl halides is 2. The van der Waals surface area contributed by atoms with Gasteiger partial charge < -0.3 is 14.5 Å². The second-order valence-corrected chi connectivity index (χ2v) is 11.6. The van der Waals surface area contributed by atoms with Gasteiger partial charge in [-0.2, -0.15) is 0 Å². The second-order valence-electron chi connectivity index (χ2n) is 10.5. The summed E-state index contributed by atoms with van der Waals surface area (Å²) in [6.45, 7) is 10.1. The molecule has 3 heterocycles. The summed E-state index contributed by atoms with van der Waals surface area (Å²) in [7, 11) is 1.71. The van der Waals surface area contributed by atoms with Crippen LogP contribution in [-0.2, 0) is 5.92 Å². The van der Waals surface area contributed by atoms with Crippen LogP contribution in [0.1, 0.15) is 56.2 Å². The van der Waals surface area contributed by atoms with Gasteiger partial charge in [0.15, 0.2) is 0 Å². The lowest BCUT2D eigenvalue weighted by Crippen LogP contribution is -2.44. The van der Waals surface area contributed by atoms with Gasteiger partial charge in [-0.25, -0.2) is 18.1 Å². The molecule has 1 aromatic carbocycles. The number of nitrogens with zero attached hydrogens (tertiary/aromatic N) is 4. The van der Waals surface area contributed by atoms with Crippen molar-refractivity contribution in [3.8, 4) is 5.75 Å². The quantitative estimate of drug-likeness (QED) is 0.359. The van der Waals surface area contributed by atoms with Crippen molar-refractivity contribution in [3.05, 3.63) is 53.9 Å². The van der Waals surface area contributed by atoms with Crippen LogP contribution in [0.15, 0.2) is 47.5 Å². The van der Waals surface area contributed by atoms with Gasteiger partial charge in [-0.1, -0.05) is 25.8 Å². The zero-order valence-corrected chi connectivity index (χ0v) is 22.8. The molecule has 8 heteroatoms. The molecule has 0 bridgehead atoms. The fraction of sp³-hybridized carbons (Fsp3) is 0.552. The highest BCUT2D eigenvalue weighted by atomic mass is 32.2. The molecule has 1 aliphatic carbocycles. The first kappa shape index (κ1) is 26.3. The van der Waals surface area contributed by atoms with Crippen LogP contribution in [0.5, 0.6) is 5.75 Å². The summed E-state index contributed by atoms with van der Waals surface area (Å²) in [4.78, 5) is 10.2. The van der Waals surface area contributed by atoms with Crippen LogP contribution in [-0.4, -0.2) is 49.1 Å². The van der Waals surface area contributed by atoms with E-state index in [1.165, 1.54) is 0 Å². The molecule has 5 nitrogen and oxygen atoms in total. The molecule has 0 radical (unpaired) electrons. The monoisotopic (exact) mass is 528 g/mol. The minimum Gasteiger partial charge on any atom is -0.495 e. The maximum atomic E-state index is 15.4. The number of allylic oxidation sites excluding steroid dienone is 1. The van der Waals surface area contributed by atoms with E-state index in [9.17, 15) is 0 Å². The largest absolute Gasteiger partial charge is 0.495 e. The van der Waals surface area contributed by atoms with Gasteiger partial charge in [-0.3, -0.25) is 0 Å². The van der Waals surface area contributed by atoms with Crippen LogP contribution in [0.25, 0.3) is 0 Å². The van der Waals surface area contributed by atoms with E-state index < -0.39 is 11.8 Å². The van der Waals surface area contributed by atoms with E-state index in [2.05, 4.69) is 43.9 Å². The first-order valence-corrected chi connectivity index (χ1v) is 14.3. The Kier molecular flexibility index (Phi) is 7.96. The molecule has 3 fully saturated rings. The number of ether oxygens (including phenoxy) is 1. The van der Waals surface area contributed by atoms with Gasteiger partial charge in [-0.15, -0.1) is 0 Å². The summed E-state index contributed by atoms with van der Waals surface area (Å²) >= 11 is 1.72. The maximum absolute atomic E-state index is 15.4. The van der Waals surface area contributed by atoms with Crippen LogP contribution in [0.2, 0.25) is 0 Å². The number of aryl methyl sites for hydroxylation is 1. The van der Waals surface area contributed by atoms with Gasteiger partial charge in [0.05, 0.1) is 12.8 Å². The number of hydrogen-bond acceptors (Lipinski definition) is 6. The number of hydrogen-bond donors (Lipinski definition) is 0. The van der Waals surface area contributed by atoms with Crippen molar-refractivity contribution < 1.29 is 13.5 Å². The topological polar surface area (TPSA) is 31.8 Å². The lowest BCUT2D eigenvalue weighted by atomic mass is 9.82. The van der Waals surface area contributed by atoms with Crippen molar-refractivity contribution >= 4 is 23.5 Å². The number of anilines is 2. The fourth-order valence-corrected chi connectivity index (χ4v) is 6.76. The fourth-order valence-electron chi connectivity index (χ4n) is 5.83. The molecule has 37 heavy (non-hydrogen) atoms. The molecule has 5 rings (SSSR count). The zero-order chi connectivity index (χ0) is 26.0. The number of methoxy groups -OCH3 is 1. The third-order valence-corrected chi connectivity index (χ3v) is 9.00. The standard InChI is InChI=1S/C29H38F2N4OS/c1-21-18-24(29(30,31)23-9-5-4-6-10-23)19-28(32-21)33-14-16-34(17-15-33)37-25-11-12-26(27(20-25)36-3)35-13-7-8-22(35)2/h11-12,18-20,23H,2,4-10,13-17H2,1,3H3. The van der Waals surface area contributed by atoms with Crippen LogP contribution in [0, 0.1) is 12.8 Å². The molecule has 0 spiro atoms.